The standard InChI is InChI=1S/C12H26N2/c1-3-8-14-9-6-5-7-12(14)10-11(13)4-2/h11-12H,3-10,13H2,1-2H3. The van der Waals surface area contributed by atoms with Crippen molar-refractivity contribution >= 4 is 0 Å². The Labute approximate surface area is 88.8 Å². The highest BCUT2D eigenvalue weighted by Crippen LogP contribution is 2.21. The van der Waals surface area contributed by atoms with Gasteiger partial charge in [0.15, 0.2) is 0 Å². The van der Waals surface area contributed by atoms with Crippen LogP contribution in [0.15, 0.2) is 0 Å². The van der Waals surface area contributed by atoms with Crippen molar-refractivity contribution in [3.8, 4) is 0 Å². The summed E-state index contributed by atoms with van der Waals surface area (Å²) in [5.41, 5.74) is 6.04. The van der Waals surface area contributed by atoms with Crippen LogP contribution >= 0.6 is 0 Å². The predicted molar refractivity (Wildman–Crippen MR) is 62.4 cm³/mol. The number of nitrogens with zero attached hydrogens (tertiary/aromatic N) is 1. The summed E-state index contributed by atoms with van der Waals surface area (Å²) in [7, 11) is 0. The molecule has 0 radical (unpaired) electrons. The summed E-state index contributed by atoms with van der Waals surface area (Å²) in [6, 6.07) is 1.19. The Balaban J connectivity index is 2.37. The number of hydrogen-bond donors (Lipinski definition) is 1. The van der Waals surface area contributed by atoms with Crippen LogP contribution in [0.1, 0.15) is 52.4 Å². The van der Waals surface area contributed by atoms with E-state index in [1.807, 2.05) is 0 Å². The Morgan fingerprint density at radius 1 is 1.36 bits per heavy atom. The molecule has 84 valence electrons. The highest BCUT2D eigenvalue weighted by molar-refractivity contribution is 4.80. The molecule has 0 bridgehead atoms. The third-order valence-corrected chi connectivity index (χ3v) is 3.36. The van der Waals surface area contributed by atoms with Crippen molar-refractivity contribution < 1.29 is 0 Å². The van der Waals surface area contributed by atoms with Gasteiger partial charge in [0.25, 0.3) is 0 Å². The second kappa shape index (κ2) is 6.41. The first-order chi connectivity index (χ1) is 6.77. The monoisotopic (exact) mass is 198 g/mol. The van der Waals surface area contributed by atoms with Crippen LogP contribution in [0, 0.1) is 0 Å². The van der Waals surface area contributed by atoms with Gasteiger partial charge in [-0.15, -0.1) is 0 Å². The zero-order valence-electron chi connectivity index (χ0n) is 9.84. The van der Waals surface area contributed by atoms with Crippen molar-refractivity contribution in [3.05, 3.63) is 0 Å². The zero-order chi connectivity index (χ0) is 10.4. The van der Waals surface area contributed by atoms with Gasteiger partial charge in [-0.05, 0) is 45.2 Å². The van der Waals surface area contributed by atoms with Crippen molar-refractivity contribution in [2.24, 2.45) is 5.73 Å². The van der Waals surface area contributed by atoms with E-state index >= 15 is 0 Å². The first-order valence-corrected chi connectivity index (χ1v) is 6.27. The van der Waals surface area contributed by atoms with E-state index in [0.717, 1.165) is 12.5 Å². The van der Waals surface area contributed by atoms with Crippen molar-refractivity contribution in [1.82, 2.24) is 4.90 Å². The molecular weight excluding hydrogens is 172 g/mol. The summed E-state index contributed by atoms with van der Waals surface area (Å²) in [6.07, 6.45) is 7.76. The van der Waals surface area contributed by atoms with E-state index in [2.05, 4.69) is 18.7 Å². The van der Waals surface area contributed by atoms with Crippen LogP contribution in [0.4, 0.5) is 0 Å². The SMILES string of the molecule is CCCN1CCCCC1CC(N)CC. The fourth-order valence-corrected chi connectivity index (χ4v) is 2.42. The van der Waals surface area contributed by atoms with Gasteiger partial charge in [0.1, 0.15) is 0 Å². The van der Waals surface area contributed by atoms with Gasteiger partial charge in [-0.3, -0.25) is 0 Å². The molecule has 0 aromatic rings. The van der Waals surface area contributed by atoms with E-state index < -0.39 is 0 Å². The van der Waals surface area contributed by atoms with Crippen LogP contribution in [0.2, 0.25) is 0 Å². The maximum Gasteiger partial charge on any atom is 0.0110 e. The quantitative estimate of drug-likeness (QED) is 0.735. The van der Waals surface area contributed by atoms with E-state index in [9.17, 15) is 0 Å². The molecule has 1 fully saturated rings. The van der Waals surface area contributed by atoms with Gasteiger partial charge >= 0.3 is 0 Å². The number of rotatable bonds is 5. The second-order valence-corrected chi connectivity index (χ2v) is 4.59. The summed E-state index contributed by atoms with van der Waals surface area (Å²) >= 11 is 0. The Morgan fingerprint density at radius 3 is 2.79 bits per heavy atom. The molecule has 0 aliphatic carbocycles. The summed E-state index contributed by atoms with van der Waals surface area (Å²) < 4.78 is 0. The van der Waals surface area contributed by atoms with Gasteiger partial charge in [-0.25, -0.2) is 0 Å². The fraction of sp³-hybridized carbons (Fsp3) is 1.00. The Hall–Kier alpha value is -0.0800. The molecule has 2 atom stereocenters. The molecule has 1 aliphatic rings. The van der Waals surface area contributed by atoms with Crippen LogP contribution in [-0.4, -0.2) is 30.1 Å². The predicted octanol–water partition coefficient (Wildman–Crippen LogP) is 2.38. The third-order valence-electron chi connectivity index (χ3n) is 3.36. The highest BCUT2D eigenvalue weighted by atomic mass is 15.2. The molecule has 2 nitrogen and oxygen atoms in total. The van der Waals surface area contributed by atoms with E-state index in [0.29, 0.717) is 6.04 Å². The Morgan fingerprint density at radius 2 is 2.14 bits per heavy atom. The van der Waals surface area contributed by atoms with Crippen molar-refractivity contribution in [2.75, 3.05) is 13.1 Å². The van der Waals surface area contributed by atoms with E-state index in [1.165, 1.54) is 45.2 Å². The topological polar surface area (TPSA) is 29.3 Å². The number of piperidine rings is 1. The van der Waals surface area contributed by atoms with E-state index in [4.69, 9.17) is 5.73 Å². The third kappa shape index (κ3) is 3.58. The van der Waals surface area contributed by atoms with E-state index in [-0.39, 0.29) is 0 Å². The molecular formula is C12H26N2. The molecule has 2 unspecified atom stereocenters. The van der Waals surface area contributed by atoms with Crippen molar-refractivity contribution in [3.63, 3.8) is 0 Å². The smallest absolute Gasteiger partial charge is 0.0110 e. The molecule has 0 amide bonds. The lowest BCUT2D eigenvalue weighted by atomic mass is 9.95. The second-order valence-electron chi connectivity index (χ2n) is 4.59. The number of likely N-dealkylation sites (tertiary alicyclic amines) is 1. The average Bonchev–Trinajstić information content (AvgIpc) is 2.21. The normalized spacial score (nSPS) is 26.4. The zero-order valence-corrected chi connectivity index (χ0v) is 9.84. The molecule has 1 heterocycles. The molecule has 2 N–H and O–H groups in total. The van der Waals surface area contributed by atoms with Gasteiger partial charge < -0.3 is 10.6 Å². The molecule has 0 aromatic carbocycles. The lowest BCUT2D eigenvalue weighted by Crippen LogP contribution is -2.43. The minimum atomic E-state index is 0.414. The molecule has 1 aliphatic heterocycles. The van der Waals surface area contributed by atoms with Crippen LogP contribution in [0.25, 0.3) is 0 Å². The van der Waals surface area contributed by atoms with E-state index in [1.54, 1.807) is 0 Å². The fourth-order valence-electron chi connectivity index (χ4n) is 2.42. The van der Waals surface area contributed by atoms with Crippen LogP contribution in [0.3, 0.4) is 0 Å². The molecule has 1 rings (SSSR count). The largest absolute Gasteiger partial charge is 0.328 e. The lowest BCUT2D eigenvalue weighted by Gasteiger charge is -2.36. The van der Waals surface area contributed by atoms with Crippen molar-refractivity contribution in [1.29, 1.82) is 0 Å². The maximum absolute atomic E-state index is 6.04. The molecule has 1 saturated heterocycles. The summed E-state index contributed by atoms with van der Waals surface area (Å²) in [4.78, 5) is 2.65. The first kappa shape index (κ1) is 12.0. The summed E-state index contributed by atoms with van der Waals surface area (Å²) in [5, 5.41) is 0. The Bertz CT molecular complexity index is 145. The van der Waals surface area contributed by atoms with Gasteiger partial charge in [-0.2, -0.15) is 0 Å². The van der Waals surface area contributed by atoms with Crippen LogP contribution < -0.4 is 5.73 Å². The number of nitrogens with two attached hydrogens (primary N) is 1. The highest BCUT2D eigenvalue weighted by Gasteiger charge is 2.22. The molecule has 2 heteroatoms. The minimum absolute atomic E-state index is 0.414. The van der Waals surface area contributed by atoms with Gasteiger partial charge in [-0.1, -0.05) is 20.3 Å². The number of hydrogen-bond acceptors (Lipinski definition) is 2. The first-order valence-electron chi connectivity index (χ1n) is 6.27. The summed E-state index contributed by atoms with van der Waals surface area (Å²) in [5.74, 6) is 0. The van der Waals surface area contributed by atoms with Crippen LogP contribution in [-0.2, 0) is 0 Å². The lowest BCUT2D eigenvalue weighted by molar-refractivity contribution is 0.134. The van der Waals surface area contributed by atoms with Crippen LogP contribution in [0.5, 0.6) is 0 Å². The van der Waals surface area contributed by atoms with Gasteiger partial charge in [0, 0.05) is 12.1 Å². The maximum atomic E-state index is 6.04. The molecule has 0 saturated carbocycles. The van der Waals surface area contributed by atoms with Crippen molar-refractivity contribution in [2.45, 2.75) is 64.5 Å². The Kier molecular flexibility index (Phi) is 5.49. The minimum Gasteiger partial charge on any atom is -0.328 e. The average molecular weight is 198 g/mol. The molecule has 0 aromatic heterocycles. The van der Waals surface area contributed by atoms with Gasteiger partial charge in [0.05, 0.1) is 0 Å². The molecule has 0 spiro atoms. The molecule has 14 heavy (non-hydrogen) atoms. The van der Waals surface area contributed by atoms with Gasteiger partial charge in [0.2, 0.25) is 0 Å². The summed E-state index contributed by atoms with van der Waals surface area (Å²) in [6.45, 7) is 7.03.